The van der Waals surface area contributed by atoms with Crippen LogP contribution < -0.4 is 0 Å². The van der Waals surface area contributed by atoms with Crippen molar-refractivity contribution in [1.82, 2.24) is 9.80 Å². The van der Waals surface area contributed by atoms with Crippen LogP contribution in [0.25, 0.3) is 0 Å². The Hall–Kier alpha value is -2.13. The van der Waals surface area contributed by atoms with E-state index in [9.17, 15) is 4.79 Å². The van der Waals surface area contributed by atoms with E-state index in [2.05, 4.69) is 49.1 Å². The summed E-state index contributed by atoms with van der Waals surface area (Å²) in [4.78, 5) is 17.3. The lowest BCUT2D eigenvalue weighted by Crippen LogP contribution is -2.28. The van der Waals surface area contributed by atoms with Crippen molar-refractivity contribution in [2.45, 2.75) is 52.2 Å². The van der Waals surface area contributed by atoms with Crippen molar-refractivity contribution in [1.29, 1.82) is 0 Å². The minimum atomic E-state index is 0.114. The second-order valence-corrected chi connectivity index (χ2v) is 7.48. The van der Waals surface area contributed by atoms with E-state index >= 15 is 0 Å². The van der Waals surface area contributed by atoms with E-state index < -0.39 is 0 Å². The Morgan fingerprint density at radius 3 is 2.31 bits per heavy atom. The first-order chi connectivity index (χ1) is 12.7. The van der Waals surface area contributed by atoms with Gasteiger partial charge in [-0.3, -0.25) is 9.69 Å². The SMILES string of the molecule is CCCc1cccc(CCC)c1CN1CCN2C(=O)c3ccccc3C12. The molecule has 3 heteroatoms. The van der Waals surface area contributed by atoms with Crippen LogP contribution in [0.5, 0.6) is 0 Å². The predicted molar refractivity (Wildman–Crippen MR) is 105 cm³/mol. The molecule has 136 valence electrons. The van der Waals surface area contributed by atoms with Crippen molar-refractivity contribution in [3.05, 3.63) is 70.3 Å². The molecule has 0 bridgehead atoms. The van der Waals surface area contributed by atoms with Gasteiger partial charge in [0.15, 0.2) is 0 Å². The molecule has 0 aliphatic carbocycles. The summed E-state index contributed by atoms with van der Waals surface area (Å²) in [6.07, 6.45) is 4.71. The fourth-order valence-electron chi connectivity index (χ4n) is 4.59. The van der Waals surface area contributed by atoms with Gasteiger partial charge in [0.05, 0.1) is 0 Å². The lowest BCUT2D eigenvalue weighted by Gasteiger charge is -2.27. The molecule has 2 aliphatic rings. The Kier molecular flexibility index (Phi) is 4.82. The molecule has 1 saturated heterocycles. The molecule has 0 spiro atoms. The topological polar surface area (TPSA) is 23.6 Å². The third-order valence-corrected chi connectivity index (χ3v) is 5.77. The molecule has 0 N–H and O–H groups in total. The second kappa shape index (κ2) is 7.24. The third-order valence-electron chi connectivity index (χ3n) is 5.77. The van der Waals surface area contributed by atoms with Crippen molar-refractivity contribution in [2.24, 2.45) is 0 Å². The highest BCUT2D eigenvalue weighted by Gasteiger charge is 2.44. The van der Waals surface area contributed by atoms with Crippen LogP contribution in [-0.2, 0) is 19.4 Å². The first-order valence-electron chi connectivity index (χ1n) is 9.98. The van der Waals surface area contributed by atoms with Gasteiger partial charge in [0.2, 0.25) is 0 Å². The Morgan fingerprint density at radius 1 is 0.923 bits per heavy atom. The second-order valence-electron chi connectivity index (χ2n) is 7.48. The smallest absolute Gasteiger partial charge is 0.255 e. The number of hydrogen-bond acceptors (Lipinski definition) is 2. The highest BCUT2D eigenvalue weighted by atomic mass is 16.2. The Balaban J connectivity index is 1.67. The van der Waals surface area contributed by atoms with Crippen LogP contribution >= 0.6 is 0 Å². The highest BCUT2D eigenvalue weighted by Crippen LogP contribution is 2.40. The number of amides is 1. The number of rotatable bonds is 6. The van der Waals surface area contributed by atoms with Crippen molar-refractivity contribution in [3.63, 3.8) is 0 Å². The van der Waals surface area contributed by atoms with E-state index in [1.54, 1.807) is 0 Å². The lowest BCUT2D eigenvalue weighted by molar-refractivity contribution is 0.0694. The third kappa shape index (κ3) is 2.84. The molecule has 1 amide bonds. The fourth-order valence-corrected chi connectivity index (χ4v) is 4.59. The molecular formula is C23H28N2O. The van der Waals surface area contributed by atoms with Crippen LogP contribution in [0.2, 0.25) is 0 Å². The van der Waals surface area contributed by atoms with E-state index in [0.29, 0.717) is 0 Å². The molecule has 0 saturated carbocycles. The molecule has 2 aliphatic heterocycles. The molecule has 3 nitrogen and oxygen atoms in total. The normalized spacial score (nSPS) is 19.1. The van der Waals surface area contributed by atoms with E-state index in [-0.39, 0.29) is 12.1 Å². The van der Waals surface area contributed by atoms with Crippen LogP contribution in [0.1, 0.15) is 65.5 Å². The van der Waals surface area contributed by atoms with Gasteiger partial charge in [-0.05, 0) is 35.6 Å². The van der Waals surface area contributed by atoms with E-state index in [0.717, 1.165) is 38.0 Å². The average molecular weight is 348 g/mol. The molecule has 0 radical (unpaired) electrons. The number of fused-ring (bicyclic) bond motifs is 3. The van der Waals surface area contributed by atoms with E-state index in [1.165, 1.54) is 35.1 Å². The lowest BCUT2D eigenvalue weighted by atomic mass is 9.94. The van der Waals surface area contributed by atoms with E-state index in [1.807, 2.05) is 17.0 Å². The van der Waals surface area contributed by atoms with Gasteiger partial charge in [0, 0.05) is 30.8 Å². The maximum atomic E-state index is 12.7. The summed E-state index contributed by atoms with van der Waals surface area (Å²) in [5.41, 5.74) is 6.52. The maximum Gasteiger partial charge on any atom is 0.255 e. The fraction of sp³-hybridized carbons (Fsp3) is 0.435. The van der Waals surface area contributed by atoms with Crippen LogP contribution in [0, 0.1) is 0 Å². The minimum Gasteiger partial charge on any atom is -0.317 e. The van der Waals surface area contributed by atoms with Gasteiger partial charge >= 0.3 is 0 Å². The molecule has 2 aromatic carbocycles. The van der Waals surface area contributed by atoms with Crippen molar-refractivity contribution >= 4 is 5.91 Å². The van der Waals surface area contributed by atoms with E-state index in [4.69, 9.17) is 0 Å². The van der Waals surface area contributed by atoms with Crippen molar-refractivity contribution < 1.29 is 4.79 Å². The van der Waals surface area contributed by atoms with Crippen LogP contribution in [0.15, 0.2) is 42.5 Å². The maximum absolute atomic E-state index is 12.7. The van der Waals surface area contributed by atoms with Crippen LogP contribution in [-0.4, -0.2) is 28.8 Å². The Bertz CT molecular complexity index is 789. The molecule has 2 aromatic rings. The largest absolute Gasteiger partial charge is 0.317 e. The minimum absolute atomic E-state index is 0.114. The summed E-state index contributed by atoms with van der Waals surface area (Å²) in [5.74, 6) is 0.198. The first-order valence-corrected chi connectivity index (χ1v) is 9.98. The molecular weight excluding hydrogens is 320 g/mol. The number of carbonyl (C=O) groups excluding carboxylic acids is 1. The summed E-state index contributed by atoms with van der Waals surface area (Å²) in [7, 11) is 0. The van der Waals surface area contributed by atoms with Gasteiger partial charge in [-0.1, -0.05) is 63.1 Å². The molecule has 0 aromatic heterocycles. The van der Waals surface area contributed by atoms with Gasteiger partial charge in [-0.25, -0.2) is 0 Å². The number of hydrogen-bond donors (Lipinski definition) is 0. The summed E-state index contributed by atoms with van der Waals surface area (Å²) in [5, 5.41) is 0. The molecule has 2 heterocycles. The highest BCUT2D eigenvalue weighted by molar-refractivity contribution is 5.99. The molecule has 26 heavy (non-hydrogen) atoms. The van der Waals surface area contributed by atoms with Crippen molar-refractivity contribution in [2.75, 3.05) is 13.1 Å². The molecule has 1 unspecified atom stereocenters. The van der Waals surface area contributed by atoms with Crippen LogP contribution in [0.4, 0.5) is 0 Å². The van der Waals surface area contributed by atoms with Gasteiger partial charge in [-0.2, -0.15) is 0 Å². The zero-order valence-electron chi connectivity index (χ0n) is 15.9. The molecule has 4 rings (SSSR count). The zero-order valence-corrected chi connectivity index (χ0v) is 15.9. The van der Waals surface area contributed by atoms with Gasteiger partial charge in [0.25, 0.3) is 5.91 Å². The number of benzene rings is 2. The standard InChI is InChI=1S/C23H28N2O/c1-3-8-17-10-7-11-18(9-4-2)21(17)16-24-14-15-25-22(24)19-12-5-6-13-20(19)23(25)26/h5-7,10-13,22H,3-4,8-9,14-16H2,1-2H3. The Labute approximate surface area is 156 Å². The Morgan fingerprint density at radius 2 is 1.62 bits per heavy atom. The predicted octanol–water partition coefficient (Wildman–Crippen LogP) is 4.56. The monoisotopic (exact) mass is 348 g/mol. The van der Waals surface area contributed by atoms with Gasteiger partial charge < -0.3 is 4.90 Å². The summed E-state index contributed by atoms with van der Waals surface area (Å²) in [6, 6.07) is 14.9. The molecule has 1 fully saturated rings. The quantitative estimate of drug-likeness (QED) is 0.764. The summed E-state index contributed by atoms with van der Waals surface area (Å²) in [6.45, 7) is 7.22. The first kappa shape index (κ1) is 17.3. The number of nitrogens with zero attached hydrogens (tertiary/aromatic N) is 2. The van der Waals surface area contributed by atoms with Crippen molar-refractivity contribution in [3.8, 4) is 0 Å². The summed E-state index contributed by atoms with van der Waals surface area (Å²) < 4.78 is 0. The molecule has 1 atom stereocenters. The number of carbonyl (C=O) groups is 1. The summed E-state index contributed by atoms with van der Waals surface area (Å²) >= 11 is 0. The average Bonchev–Trinajstić information content (AvgIpc) is 3.19. The van der Waals surface area contributed by atoms with Crippen LogP contribution in [0.3, 0.4) is 0 Å². The number of aryl methyl sites for hydroxylation is 2. The zero-order chi connectivity index (χ0) is 18.1. The van der Waals surface area contributed by atoms with Gasteiger partial charge in [-0.15, -0.1) is 0 Å². The van der Waals surface area contributed by atoms with Gasteiger partial charge in [0.1, 0.15) is 6.17 Å².